The van der Waals surface area contributed by atoms with E-state index < -0.39 is 0 Å². The highest BCUT2D eigenvalue weighted by Gasteiger charge is 2.30. The molecule has 3 nitrogen and oxygen atoms in total. The van der Waals surface area contributed by atoms with Gasteiger partial charge in [0.15, 0.2) is 0 Å². The molecule has 0 bridgehead atoms. The third-order valence-corrected chi connectivity index (χ3v) is 4.66. The first-order chi connectivity index (χ1) is 10.6. The molecule has 0 spiro atoms. The van der Waals surface area contributed by atoms with Crippen LogP contribution in [0, 0.1) is 0 Å². The van der Waals surface area contributed by atoms with E-state index in [4.69, 9.17) is 28.9 Å². The van der Waals surface area contributed by atoms with Gasteiger partial charge in [0.25, 0.3) is 0 Å². The fourth-order valence-corrected chi connectivity index (χ4v) is 3.21. The molecule has 1 saturated heterocycles. The van der Waals surface area contributed by atoms with E-state index in [0.717, 1.165) is 24.1 Å². The van der Waals surface area contributed by atoms with Gasteiger partial charge in [0, 0.05) is 17.8 Å². The van der Waals surface area contributed by atoms with Gasteiger partial charge in [-0.15, -0.1) is 0 Å². The van der Waals surface area contributed by atoms with Gasteiger partial charge >= 0.3 is 0 Å². The maximum atomic E-state index is 12.5. The smallest absolute Gasteiger partial charge is 0.227 e. The molecule has 0 saturated carbocycles. The summed E-state index contributed by atoms with van der Waals surface area (Å²) in [6, 6.07) is 12.9. The number of nitrogens with two attached hydrogens (primary N) is 1. The molecule has 3 rings (SSSR count). The van der Waals surface area contributed by atoms with Crippen molar-refractivity contribution in [3.8, 4) is 0 Å². The Hall–Kier alpha value is -1.71. The zero-order valence-corrected chi connectivity index (χ0v) is 13.4. The van der Waals surface area contributed by atoms with Gasteiger partial charge in [0.1, 0.15) is 0 Å². The van der Waals surface area contributed by atoms with Crippen molar-refractivity contribution in [3.63, 3.8) is 0 Å². The van der Waals surface area contributed by atoms with E-state index in [0.29, 0.717) is 22.2 Å². The molecule has 1 aliphatic rings. The molecule has 0 aliphatic carbocycles. The number of nitrogen functional groups attached to an aromatic ring is 1. The summed E-state index contributed by atoms with van der Waals surface area (Å²) < 4.78 is 0. The van der Waals surface area contributed by atoms with Crippen LogP contribution in [-0.2, 0) is 4.79 Å². The molecule has 1 atom stereocenters. The van der Waals surface area contributed by atoms with Gasteiger partial charge in [0.05, 0.1) is 16.1 Å². The van der Waals surface area contributed by atoms with Crippen LogP contribution in [0.25, 0.3) is 0 Å². The van der Waals surface area contributed by atoms with Gasteiger partial charge in [-0.1, -0.05) is 35.3 Å². The normalized spacial score (nSPS) is 18.5. The lowest BCUT2D eigenvalue weighted by molar-refractivity contribution is -0.120. The Morgan fingerprint density at radius 2 is 1.91 bits per heavy atom. The minimum Gasteiger partial charge on any atom is -0.399 e. The molecular weight excluding hydrogens is 319 g/mol. The minimum absolute atomic E-state index is 0.0437. The monoisotopic (exact) mass is 334 g/mol. The molecule has 1 heterocycles. The van der Waals surface area contributed by atoms with Crippen molar-refractivity contribution in [2.75, 3.05) is 10.6 Å². The lowest BCUT2D eigenvalue weighted by Gasteiger charge is -2.36. The zero-order chi connectivity index (χ0) is 15.7. The Morgan fingerprint density at radius 1 is 1.09 bits per heavy atom. The van der Waals surface area contributed by atoms with Crippen LogP contribution >= 0.6 is 23.2 Å². The molecule has 0 aromatic heterocycles. The fourth-order valence-electron chi connectivity index (χ4n) is 2.90. The largest absolute Gasteiger partial charge is 0.399 e. The molecule has 2 N–H and O–H groups in total. The van der Waals surface area contributed by atoms with Crippen LogP contribution < -0.4 is 10.6 Å². The average Bonchev–Trinajstić information content (AvgIpc) is 2.50. The van der Waals surface area contributed by atoms with Crippen LogP contribution in [0.4, 0.5) is 11.4 Å². The number of hydrogen-bond donors (Lipinski definition) is 1. The van der Waals surface area contributed by atoms with E-state index in [1.807, 2.05) is 41.3 Å². The zero-order valence-electron chi connectivity index (χ0n) is 11.9. The highest BCUT2D eigenvalue weighted by atomic mass is 35.5. The van der Waals surface area contributed by atoms with Crippen LogP contribution in [0.5, 0.6) is 0 Å². The van der Waals surface area contributed by atoms with Crippen molar-refractivity contribution in [3.05, 3.63) is 58.1 Å². The van der Waals surface area contributed by atoms with Gasteiger partial charge in [0.2, 0.25) is 5.91 Å². The third-order valence-electron chi connectivity index (χ3n) is 3.93. The average molecular weight is 335 g/mol. The molecule has 2 aromatic carbocycles. The summed E-state index contributed by atoms with van der Waals surface area (Å²) in [6.07, 6.45) is 2.30. The molecule has 22 heavy (non-hydrogen) atoms. The number of nitrogens with zero attached hydrogens (tertiary/aromatic N) is 1. The molecule has 0 radical (unpaired) electrons. The summed E-state index contributed by atoms with van der Waals surface area (Å²) in [7, 11) is 0. The first kappa shape index (κ1) is 15.2. The highest BCUT2D eigenvalue weighted by molar-refractivity contribution is 6.42. The maximum Gasteiger partial charge on any atom is 0.227 e. The Bertz CT molecular complexity index is 718. The summed E-state index contributed by atoms with van der Waals surface area (Å²) in [4.78, 5) is 14.3. The van der Waals surface area contributed by atoms with Crippen molar-refractivity contribution in [1.82, 2.24) is 0 Å². The van der Waals surface area contributed by atoms with Crippen LogP contribution in [0.15, 0.2) is 42.5 Å². The Kier molecular flexibility index (Phi) is 4.27. The maximum absolute atomic E-state index is 12.5. The van der Waals surface area contributed by atoms with E-state index in [1.54, 1.807) is 6.07 Å². The standard InChI is InChI=1S/C17H16Cl2N2O/c18-14-8-7-11(9-15(14)19)16-5-2-6-17(22)21(16)13-4-1-3-12(20)10-13/h1,3-4,7-10,16H,2,5-6,20H2. The summed E-state index contributed by atoms with van der Waals surface area (Å²) in [5.41, 5.74) is 8.32. The molecular formula is C17H16Cl2N2O. The van der Waals surface area contributed by atoms with E-state index in [-0.39, 0.29) is 11.9 Å². The van der Waals surface area contributed by atoms with E-state index in [9.17, 15) is 4.79 Å². The predicted octanol–water partition coefficient (Wildman–Crippen LogP) is 4.83. The van der Waals surface area contributed by atoms with Crippen LogP contribution in [0.3, 0.4) is 0 Å². The van der Waals surface area contributed by atoms with Crippen molar-refractivity contribution in [2.24, 2.45) is 0 Å². The predicted molar refractivity (Wildman–Crippen MR) is 91.4 cm³/mol. The number of amides is 1. The van der Waals surface area contributed by atoms with Gasteiger partial charge in [-0.3, -0.25) is 4.79 Å². The summed E-state index contributed by atoms with van der Waals surface area (Å²) in [6.45, 7) is 0. The van der Waals surface area contributed by atoms with Crippen molar-refractivity contribution in [2.45, 2.75) is 25.3 Å². The fraction of sp³-hybridized carbons (Fsp3) is 0.235. The molecule has 5 heteroatoms. The van der Waals surface area contributed by atoms with Gasteiger partial charge in [-0.05, 0) is 48.7 Å². The van der Waals surface area contributed by atoms with Crippen LogP contribution in [0.2, 0.25) is 10.0 Å². The lowest BCUT2D eigenvalue weighted by Crippen LogP contribution is -2.38. The SMILES string of the molecule is Nc1cccc(N2C(=O)CCCC2c2ccc(Cl)c(Cl)c2)c1. The number of halogens is 2. The molecule has 1 aliphatic heterocycles. The molecule has 114 valence electrons. The van der Waals surface area contributed by atoms with Crippen LogP contribution in [0.1, 0.15) is 30.9 Å². The number of anilines is 2. The van der Waals surface area contributed by atoms with E-state index in [1.165, 1.54) is 0 Å². The second-order valence-electron chi connectivity index (χ2n) is 5.44. The van der Waals surface area contributed by atoms with Crippen molar-refractivity contribution >= 4 is 40.5 Å². The van der Waals surface area contributed by atoms with Crippen molar-refractivity contribution < 1.29 is 4.79 Å². The van der Waals surface area contributed by atoms with E-state index >= 15 is 0 Å². The first-order valence-corrected chi connectivity index (χ1v) is 7.94. The minimum atomic E-state index is -0.0437. The Balaban J connectivity index is 2.03. The molecule has 1 unspecified atom stereocenters. The first-order valence-electron chi connectivity index (χ1n) is 7.19. The number of carbonyl (C=O) groups excluding carboxylic acids is 1. The van der Waals surface area contributed by atoms with Crippen molar-refractivity contribution in [1.29, 1.82) is 0 Å². The Morgan fingerprint density at radius 3 is 2.64 bits per heavy atom. The number of carbonyl (C=O) groups is 1. The second-order valence-corrected chi connectivity index (χ2v) is 6.25. The molecule has 1 amide bonds. The van der Waals surface area contributed by atoms with Gasteiger partial charge in [-0.25, -0.2) is 0 Å². The Labute approximate surface area is 139 Å². The third kappa shape index (κ3) is 2.92. The number of benzene rings is 2. The van der Waals surface area contributed by atoms with E-state index in [2.05, 4.69) is 0 Å². The van der Waals surface area contributed by atoms with Gasteiger partial charge in [-0.2, -0.15) is 0 Å². The number of hydrogen-bond acceptors (Lipinski definition) is 2. The highest BCUT2D eigenvalue weighted by Crippen LogP contribution is 2.38. The molecule has 2 aromatic rings. The molecule has 1 fully saturated rings. The number of rotatable bonds is 2. The quantitative estimate of drug-likeness (QED) is 0.799. The summed E-state index contributed by atoms with van der Waals surface area (Å²) in [5.74, 6) is 0.105. The summed E-state index contributed by atoms with van der Waals surface area (Å²) >= 11 is 12.1. The number of piperidine rings is 1. The lowest BCUT2D eigenvalue weighted by atomic mass is 9.94. The van der Waals surface area contributed by atoms with Crippen LogP contribution in [-0.4, -0.2) is 5.91 Å². The van der Waals surface area contributed by atoms with Gasteiger partial charge < -0.3 is 10.6 Å². The summed E-state index contributed by atoms with van der Waals surface area (Å²) in [5, 5.41) is 1.02. The topological polar surface area (TPSA) is 46.3 Å². The second kappa shape index (κ2) is 6.19.